The number of hydrogen-bond acceptors (Lipinski definition) is 4. The lowest BCUT2D eigenvalue weighted by atomic mass is 10.2. The van der Waals surface area contributed by atoms with Crippen molar-refractivity contribution in [1.82, 2.24) is 9.97 Å². The van der Waals surface area contributed by atoms with Crippen molar-refractivity contribution in [2.45, 2.75) is 13.8 Å². The number of nitrogen functional groups attached to an aromatic ring is 1. The second kappa shape index (κ2) is 3.90. The van der Waals surface area contributed by atoms with Gasteiger partial charge in [-0.25, -0.2) is 9.97 Å². The average Bonchev–Trinajstić information content (AvgIpc) is 2.50. The number of aryl methyl sites for hydroxylation is 2. The topological polar surface area (TPSA) is 51.8 Å². The minimum Gasteiger partial charge on any atom is -0.383 e. The van der Waals surface area contributed by atoms with E-state index in [4.69, 9.17) is 5.73 Å². The van der Waals surface area contributed by atoms with Gasteiger partial charge in [-0.05, 0) is 35.8 Å². The Morgan fingerprint density at radius 1 is 1.40 bits per heavy atom. The SMILES string of the molecule is Cc1cc(-c2ncc(Br)c(N)n2)c(C)s1. The molecule has 2 heterocycles. The summed E-state index contributed by atoms with van der Waals surface area (Å²) in [6, 6.07) is 2.09. The monoisotopic (exact) mass is 283 g/mol. The van der Waals surface area contributed by atoms with Gasteiger partial charge in [0.15, 0.2) is 5.82 Å². The Labute approximate surface area is 101 Å². The Hall–Kier alpha value is -0.940. The summed E-state index contributed by atoms with van der Waals surface area (Å²) in [7, 11) is 0. The van der Waals surface area contributed by atoms with Gasteiger partial charge in [-0.3, -0.25) is 0 Å². The van der Waals surface area contributed by atoms with Crippen molar-refractivity contribution in [1.29, 1.82) is 0 Å². The number of nitrogens with two attached hydrogens (primary N) is 1. The molecule has 3 nitrogen and oxygen atoms in total. The highest BCUT2D eigenvalue weighted by atomic mass is 79.9. The molecule has 2 aromatic heterocycles. The van der Waals surface area contributed by atoms with Crippen LogP contribution in [0, 0.1) is 13.8 Å². The number of aromatic nitrogens is 2. The Morgan fingerprint density at radius 2 is 2.13 bits per heavy atom. The van der Waals surface area contributed by atoms with Crippen molar-refractivity contribution < 1.29 is 0 Å². The standard InChI is InChI=1S/C10H10BrN3S/c1-5-3-7(6(2)15-5)10-13-4-8(11)9(12)14-10/h3-4H,1-2H3,(H2,12,13,14). The van der Waals surface area contributed by atoms with Gasteiger partial charge >= 0.3 is 0 Å². The van der Waals surface area contributed by atoms with Crippen molar-refractivity contribution in [2.24, 2.45) is 0 Å². The quantitative estimate of drug-likeness (QED) is 0.875. The predicted octanol–water partition coefficient (Wildman–Crippen LogP) is 3.17. The molecule has 2 N–H and O–H groups in total. The summed E-state index contributed by atoms with van der Waals surface area (Å²) >= 11 is 5.02. The summed E-state index contributed by atoms with van der Waals surface area (Å²) in [5, 5.41) is 0. The van der Waals surface area contributed by atoms with Crippen molar-refractivity contribution in [3.8, 4) is 11.4 Å². The van der Waals surface area contributed by atoms with E-state index in [0.717, 1.165) is 10.0 Å². The molecule has 5 heteroatoms. The fourth-order valence-corrected chi connectivity index (χ4v) is 2.47. The van der Waals surface area contributed by atoms with Crippen LogP contribution < -0.4 is 5.73 Å². The van der Waals surface area contributed by atoms with Gasteiger partial charge in [0.1, 0.15) is 5.82 Å². The van der Waals surface area contributed by atoms with Crippen LogP contribution in [0.15, 0.2) is 16.7 Å². The van der Waals surface area contributed by atoms with Crippen LogP contribution in [0.5, 0.6) is 0 Å². The molecule has 0 saturated heterocycles. The van der Waals surface area contributed by atoms with Gasteiger partial charge in [-0.15, -0.1) is 11.3 Å². The zero-order valence-corrected chi connectivity index (χ0v) is 10.8. The summed E-state index contributed by atoms with van der Waals surface area (Å²) in [6.45, 7) is 4.14. The summed E-state index contributed by atoms with van der Waals surface area (Å²) < 4.78 is 0.732. The highest BCUT2D eigenvalue weighted by Gasteiger charge is 2.09. The lowest BCUT2D eigenvalue weighted by Crippen LogP contribution is -1.96. The number of nitrogens with zero attached hydrogens (tertiary/aromatic N) is 2. The maximum atomic E-state index is 5.72. The van der Waals surface area contributed by atoms with E-state index in [0.29, 0.717) is 11.6 Å². The third kappa shape index (κ3) is 2.03. The van der Waals surface area contributed by atoms with Gasteiger partial charge in [0.05, 0.1) is 4.47 Å². The molecular formula is C10H10BrN3S. The van der Waals surface area contributed by atoms with E-state index in [1.165, 1.54) is 9.75 Å². The van der Waals surface area contributed by atoms with Crippen LogP contribution in [-0.4, -0.2) is 9.97 Å². The molecule has 0 aliphatic carbocycles. The van der Waals surface area contributed by atoms with Crippen LogP contribution in [-0.2, 0) is 0 Å². The molecule has 2 rings (SSSR count). The van der Waals surface area contributed by atoms with Crippen molar-refractivity contribution in [3.63, 3.8) is 0 Å². The van der Waals surface area contributed by atoms with Crippen molar-refractivity contribution in [3.05, 3.63) is 26.5 Å². The molecule has 2 aromatic rings. The molecule has 0 fully saturated rings. The van der Waals surface area contributed by atoms with Gasteiger partial charge in [0, 0.05) is 21.5 Å². The minimum atomic E-state index is 0.475. The fraction of sp³-hybridized carbons (Fsp3) is 0.200. The largest absolute Gasteiger partial charge is 0.383 e. The molecule has 0 aliphatic rings. The number of halogens is 1. The minimum absolute atomic E-state index is 0.475. The van der Waals surface area contributed by atoms with E-state index < -0.39 is 0 Å². The van der Waals surface area contributed by atoms with E-state index in [1.54, 1.807) is 17.5 Å². The molecule has 0 atom stereocenters. The fourth-order valence-electron chi connectivity index (χ4n) is 1.36. The molecule has 15 heavy (non-hydrogen) atoms. The second-order valence-electron chi connectivity index (χ2n) is 3.25. The molecule has 0 bridgehead atoms. The predicted molar refractivity (Wildman–Crippen MR) is 66.9 cm³/mol. The van der Waals surface area contributed by atoms with Crippen LogP contribution in [0.3, 0.4) is 0 Å². The number of anilines is 1. The smallest absolute Gasteiger partial charge is 0.162 e. The number of thiophene rings is 1. The number of hydrogen-bond donors (Lipinski definition) is 1. The highest BCUT2D eigenvalue weighted by molar-refractivity contribution is 9.10. The van der Waals surface area contributed by atoms with Crippen molar-refractivity contribution in [2.75, 3.05) is 5.73 Å². The third-order valence-electron chi connectivity index (χ3n) is 2.05. The first-order chi connectivity index (χ1) is 7.08. The van der Waals surface area contributed by atoms with Crippen LogP contribution in [0.4, 0.5) is 5.82 Å². The van der Waals surface area contributed by atoms with Gasteiger partial charge < -0.3 is 5.73 Å². The van der Waals surface area contributed by atoms with Gasteiger partial charge in [0.2, 0.25) is 0 Å². The summed E-state index contributed by atoms with van der Waals surface area (Å²) in [5.74, 6) is 1.17. The first kappa shape index (κ1) is 10.6. The maximum absolute atomic E-state index is 5.72. The summed E-state index contributed by atoms with van der Waals surface area (Å²) in [6.07, 6.45) is 1.68. The van der Waals surface area contributed by atoms with E-state index in [2.05, 4.69) is 45.8 Å². The zero-order chi connectivity index (χ0) is 11.0. The zero-order valence-electron chi connectivity index (χ0n) is 8.41. The first-order valence-corrected chi connectivity index (χ1v) is 6.04. The van der Waals surface area contributed by atoms with Crippen LogP contribution in [0.2, 0.25) is 0 Å². The van der Waals surface area contributed by atoms with Gasteiger partial charge in [-0.2, -0.15) is 0 Å². The molecule has 0 radical (unpaired) electrons. The third-order valence-corrected chi connectivity index (χ3v) is 3.63. The average molecular weight is 284 g/mol. The normalized spacial score (nSPS) is 10.6. The van der Waals surface area contributed by atoms with Crippen LogP contribution >= 0.6 is 27.3 Å². The second-order valence-corrected chi connectivity index (χ2v) is 5.57. The van der Waals surface area contributed by atoms with Crippen LogP contribution in [0.1, 0.15) is 9.75 Å². The molecule has 0 spiro atoms. The Bertz CT molecular complexity index is 507. The maximum Gasteiger partial charge on any atom is 0.162 e. The van der Waals surface area contributed by atoms with E-state index in [-0.39, 0.29) is 0 Å². The van der Waals surface area contributed by atoms with Crippen LogP contribution in [0.25, 0.3) is 11.4 Å². The molecular weight excluding hydrogens is 274 g/mol. The summed E-state index contributed by atoms with van der Waals surface area (Å²) in [4.78, 5) is 11.0. The molecule has 78 valence electrons. The Kier molecular flexibility index (Phi) is 2.75. The number of rotatable bonds is 1. The molecule has 0 saturated carbocycles. The summed E-state index contributed by atoms with van der Waals surface area (Å²) in [5.41, 5.74) is 6.79. The molecule has 0 amide bonds. The molecule has 0 aliphatic heterocycles. The lowest BCUT2D eigenvalue weighted by Gasteiger charge is -2.01. The molecule has 0 aromatic carbocycles. The van der Waals surface area contributed by atoms with Crippen molar-refractivity contribution >= 4 is 33.1 Å². The van der Waals surface area contributed by atoms with Gasteiger partial charge in [0.25, 0.3) is 0 Å². The molecule has 0 unspecified atom stereocenters. The van der Waals surface area contributed by atoms with E-state index >= 15 is 0 Å². The lowest BCUT2D eigenvalue weighted by molar-refractivity contribution is 1.17. The van der Waals surface area contributed by atoms with Gasteiger partial charge in [-0.1, -0.05) is 0 Å². The van der Waals surface area contributed by atoms with E-state index in [9.17, 15) is 0 Å². The first-order valence-electron chi connectivity index (χ1n) is 4.43. The highest BCUT2D eigenvalue weighted by Crippen LogP contribution is 2.29. The van der Waals surface area contributed by atoms with E-state index in [1.807, 2.05) is 0 Å². The Morgan fingerprint density at radius 3 is 2.67 bits per heavy atom. The Balaban J connectivity index is 2.54.